The summed E-state index contributed by atoms with van der Waals surface area (Å²) in [6, 6.07) is 7.38. The summed E-state index contributed by atoms with van der Waals surface area (Å²) in [7, 11) is 1.45. The molecular formula is C19H19BrO4. The number of carbonyl (C=O) groups excluding carboxylic acids is 2. The van der Waals surface area contributed by atoms with Crippen LogP contribution in [0.5, 0.6) is 0 Å². The zero-order valence-corrected chi connectivity index (χ0v) is 15.6. The SMILES string of the molecule is COC1=C(C)C(O)=C(C(=O)C=Cc2ccc(Br)cc2)C(=O)C1(C)C. The fraction of sp³-hybridized carbons (Fsp3) is 0.263. The molecule has 1 aliphatic carbocycles. The average molecular weight is 391 g/mol. The number of hydrogen-bond acceptors (Lipinski definition) is 4. The molecule has 24 heavy (non-hydrogen) atoms. The van der Waals surface area contributed by atoms with Crippen molar-refractivity contribution in [2.24, 2.45) is 5.41 Å². The first kappa shape index (κ1) is 18.2. The predicted molar refractivity (Wildman–Crippen MR) is 96.3 cm³/mol. The summed E-state index contributed by atoms with van der Waals surface area (Å²) in [5.74, 6) is -0.920. The van der Waals surface area contributed by atoms with Crippen molar-refractivity contribution in [2.75, 3.05) is 7.11 Å². The molecule has 0 spiro atoms. The van der Waals surface area contributed by atoms with E-state index >= 15 is 0 Å². The van der Waals surface area contributed by atoms with Crippen LogP contribution >= 0.6 is 15.9 Å². The summed E-state index contributed by atoms with van der Waals surface area (Å²) in [6.45, 7) is 4.99. The van der Waals surface area contributed by atoms with Crippen LogP contribution in [0.4, 0.5) is 0 Å². The summed E-state index contributed by atoms with van der Waals surface area (Å²) >= 11 is 3.34. The second-order valence-electron chi connectivity index (χ2n) is 6.09. The second-order valence-corrected chi connectivity index (χ2v) is 7.00. The highest BCUT2D eigenvalue weighted by atomic mass is 79.9. The maximum atomic E-state index is 12.7. The highest BCUT2D eigenvalue weighted by Crippen LogP contribution is 2.40. The molecule has 1 aromatic carbocycles. The fourth-order valence-corrected chi connectivity index (χ4v) is 3.02. The fourth-order valence-electron chi connectivity index (χ4n) is 2.75. The molecule has 0 radical (unpaired) electrons. The number of allylic oxidation sites excluding steroid dienone is 4. The molecule has 2 rings (SSSR count). The van der Waals surface area contributed by atoms with E-state index in [0.29, 0.717) is 11.3 Å². The van der Waals surface area contributed by atoms with E-state index < -0.39 is 17.0 Å². The number of aliphatic hydroxyl groups excluding tert-OH is 1. The lowest BCUT2D eigenvalue weighted by atomic mass is 9.74. The summed E-state index contributed by atoms with van der Waals surface area (Å²) < 4.78 is 6.19. The van der Waals surface area contributed by atoms with Crippen LogP contribution in [-0.4, -0.2) is 23.8 Å². The molecule has 4 nitrogen and oxygen atoms in total. The van der Waals surface area contributed by atoms with Crippen molar-refractivity contribution in [3.05, 3.63) is 63.0 Å². The quantitative estimate of drug-likeness (QED) is 0.612. The Kier molecular flexibility index (Phi) is 5.13. The molecule has 0 unspecified atom stereocenters. The number of methoxy groups -OCH3 is 1. The van der Waals surface area contributed by atoms with E-state index in [1.165, 1.54) is 13.2 Å². The van der Waals surface area contributed by atoms with Gasteiger partial charge in [0.25, 0.3) is 0 Å². The number of benzene rings is 1. The van der Waals surface area contributed by atoms with Crippen molar-refractivity contribution in [1.29, 1.82) is 0 Å². The Hall–Kier alpha value is -2.14. The van der Waals surface area contributed by atoms with Gasteiger partial charge in [0.1, 0.15) is 17.1 Å². The van der Waals surface area contributed by atoms with Gasteiger partial charge in [-0.15, -0.1) is 0 Å². The molecule has 1 aromatic rings. The molecule has 0 saturated carbocycles. The molecule has 126 valence electrons. The molecule has 1 aliphatic rings. The van der Waals surface area contributed by atoms with Crippen LogP contribution in [0.2, 0.25) is 0 Å². The van der Waals surface area contributed by atoms with Gasteiger partial charge in [-0.25, -0.2) is 0 Å². The van der Waals surface area contributed by atoms with Crippen LogP contribution in [0.15, 0.2) is 57.5 Å². The molecule has 5 heteroatoms. The molecule has 0 aromatic heterocycles. The van der Waals surface area contributed by atoms with Crippen molar-refractivity contribution in [3.8, 4) is 0 Å². The van der Waals surface area contributed by atoms with Gasteiger partial charge in [0.05, 0.1) is 12.5 Å². The van der Waals surface area contributed by atoms with Crippen molar-refractivity contribution in [2.45, 2.75) is 20.8 Å². The van der Waals surface area contributed by atoms with Crippen LogP contribution in [0.3, 0.4) is 0 Å². The monoisotopic (exact) mass is 390 g/mol. The maximum Gasteiger partial charge on any atom is 0.193 e. The zero-order valence-electron chi connectivity index (χ0n) is 14.0. The van der Waals surface area contributed by atoms with Gasteiger partial charge in [-0.05, 0) is 44.5 Å². The summed E-state index contributed by atoms with van der Waals surface area (Å²) in [5.41, 5.74) is 0.0229. The number of aliphatic hydroxyl groups is 1. The standard InChI is InChI=1S/C19H19BrO4/c1-11-16(22)15(17(23)19(2,3)18(11)24-4)14(21)10-7-12-5-8-13(20)9-6-12/h5-10,22H,1-4H3. The number of hydrogen-bond donors (Lipinski definition) is 1. The zero-order chi connectivity index (χ0) is 18.1. The van der Waals surface area contributed by atoms with E-state index in [1.807, 2.05) is 24.3 Å². The molecule has 0 amide bonds. The lowest BCUT2D eigenvalue weighted by molar-refractivity contribution is -0.126. The van der Waals surface area contributed by atoms with Crippen LogP contribution < -0.4 is 0 Å². The molecule has 0 saturated heterocycles. The first-order valence-electron chi connectivity index (χ1n) is 7.42. The summed E-state index contributed by atoms with van der Waals surface area (Å²) in [4.78, 5) is 25.2. The van der Waals surface area contributed by atoms with E-state index in [0.717, 1.165) is 10.0 Å². The van der Waals surface area contributed by atoms with Gasteiger partial charge in [-0.1, -0.05) is 34.1 Å². The number of Topliss-reactive ketones (excluding diaryl/α,β-unsaturated/α-hetero) is 1. The van der Waals surface area contributed by atoms with Gasteiger partial charge in [-0.2, -0.15) is 0 Å². The third-order valence-electron chi connectivity index (χ3n) is 4.04. The van der Waals surface area contributed by atoms with E-state index in [9.17, 15) is 14.7 Å². The maximum absolute atomic E-state index is 12.7. The van der Waals surface area contributed by atoms with Gasteiger partial charge >= 0.3 is 0 Å². The van der Waals surface area contributed by atoms with Crippen LogP contribution in [-0.2, 0) is 14.3 Å². The van der Waals surface area contributed by atoms with E-state index in [4.69, 9.17) is 4.74 Å². The highest BCUT2D eigenvalue weighted by molar-refractivity contribution is 9.10. The number of carbonyl (C=O) groups is 2. The topological polar surface area (TPSA) is 63.6 Å². The smallest absolute Gasteiger partial charge is 0.193 e. The molecule has 0 atom stereocenters. The lowest BCUT2D eigenvalue weighted by Crippen LogP contribution is -2.36. The largest absolute Gasteiger partial charge is 0.507 e. The molecule has 0 fully saturated rings. The van der Waals surface area contributed by atoms with E-state index in [1.54, 1.807) is 26.8 Å². The molecule has 0 aliphatic heterocycles. The van der Waals surface area contributed by atoms with Crippen LogP contribution in [0.25, 0.3) is 6.08 Å². The Labute approximate surface area is 149 Å². The Morgan fingerprint density at radius 2 is 1.83 bits per heavy atom. The molecular weight excluding hydrogens is 372 g/mol. The van der Waals surface area contributed by atoms with Crippen molar-refractivity contribution in [3.63, 3.8) is 0 Å². The summed E-state index contributed by atoms with van der Waals surface area (Å²) in [5, 5.41) is 10.3. The number of rotatable bonds is 4. The van der Waals surface area contributed by atoms with Gasteiger partial charge in [-0.3, -0.25) is 9.59 Å². The Morgan fingerprint density at radius 3 is 2.38 bits per heavy atom. The first-order valence-corrected chi connectivity index (χ1v) is 8.21. The Balaban J connectivity index is 2.40. The summed E-state index contributed by atoms with van der Waals surface area (Å²) in [6.07, 6.45) is 2.91. The van der Waals surface area contributed by atoms with Crippen molar-refractivity contribution < 1.29 is 19.4 Å². The first-order chi connectivity index (χ1) is 11.2. The number of halogens is 1. The van der Waals surface area contributed by atoms with Crippen LogP contribution in [0.1, 0.15) is 26.3 Å². The number of ether oxygens (including phenoxy) is 1. The minimum absolute atomic E-state index is 0.202. The average Bonchev–Trinajstić information content (AvgIpc) is 2.53. The van der Waals surface area contributed by atoms with Gasteiger partial charge < -0.3 is 9.84 Å². The van der Waals surface area contributed by atoms with Crippen molar-refractivity contribution >= 4 is 33.6 Å². The van der Waals surface area contributed by atoms with Crippen molar-refractivity contribution in [1.82, 2.24) is 0 Å². The normalized spacial score (nSPS) is 17.6. The van der Waals surface area contributed by atoms with Crippen LogP contribution in [0, 0.1) is 5.41 Å². The van der Waals surface area contributed by atoms with E-state index in [-0.39, 0.29) is 11.3 Å². The second kappa shape index (κ2) is 6.77. The Bertz CT molecular complexity index is 780. The minimum Gasteiger partial charge on any atom is -0.507 e. The highest BCUT2D eigenvalue weighted by Gasteiger charge is 2.44. The van der Waals surface area contributed by atoms with E-state index in [2.05, 4.69) is 15.9 Å². The Morgan fingerprint density at radius 1 is 1.25 bits per heavy atom. The van der Waals surface area contributed by atoms with Gasteiger partial charge in [0.15, 0.2) is 11.6 Å². The molecule has 0 heterocycles. The lowest BCUT2D eigenvalue weighted by Gasteiger charge is -2.31. The molecule has 1 N–H and O–H groups in total. The number of ketones is 2. The van der Waals surface area contributed by atoms with Gasteiger partial charge in [0.2, 0.25) is 0 Å². The molecule has 0 bridgehead atoms. The predicted octanol–water partition coefficient (Wildman–Crippen LogP) is 4.37. The van der Waals surface area contributed by atoms with Gasteiger partial charge in [0, 0.05) is 10.0 Å². The third kappa shape index (κ3) is 3.22. The minimum atomic E-state index is -0.999. The third-order valence-corrected chi connectivity index (χ3v) is 4.57.